The number of nitrogens with zero attached hydrogens (tertiary/aromatic N) is 1. The number of ether oxygens (including phenoxy) is 1. The molecule has 0 bridgehead atoms. The average Bonchev–Trinajstić information content (AvgIpc) is 2.74. The Morgan fingerprint density at radius 3 is 2.81 bits per heavy atom. The Bertz CT molecular complexity index is 816. The number of hydrogen-bond donors (Lipinski definition) is 1. The van der Waals surface area contributed by atoms with Crippen LogP contribution in [0.1, 0.15) is 27.6 Å². The molecule has 0 saturated carbocycles. The van der Waals surface area contributed by atoms with E-state index >= 15 is 0 Å². The summed E-state index contributed by atoms with van der Waals surface area (Å²) in [6.07, 6.45) is 0. The summed E-state index contributed by atoms with van der Waals surface area (Å²) in [5, 5.41) is 3.36. The van der Waals surface area contributed by atoms with Gasteiger partial charge in [-0.15, -0.1) is 0 Å². The van der Waals surface area contributed by atoms with E-state index in [1.165, 1.54) is 12.1 Å². The van der Waals surface area contributed by atoms with Crippen molar-refractivity contribution >= 4 is 45.9 Å². The lowest BCUT2D eigenvalue weighted by Crippen LogP contribution is -2.12. The van der Waals surface area contributed by atoms with Gasteiger partial charge >= 0.3 is 5.97 Å². The molecule has 7 heteroatoms. The van der Waals surface area contributed by atoms with E-state index in [1.54, 1.807) is 13.0 Å². The van der Waals surface area contributed by atoms with Crippen molar-refractivity contribution in [3.8, 4) is 0 Å². The van der Waals surface area contributed by atoms with Crippen LogP contribution in [-0.4, -0.2) is 29.3 Å². The van der Waals surface area contributed by atoms with Gasteiger partial charge < -0.3 is 10.1 Å². The van der Waals surface area contributed by atoms with Crippen molar-refractivity contribution < 1.29 is 19.1 Å². The first-order chi connectivity index (χ1) is 10.0. The highest BCUT2D eigenvalue weighted by atomic mass is 35.5. The van der Waals surface area contributed by atoms with Crippen LogP contribution in [0.3, 0.4) is 0 Å². The largest absolute Gasteiger partial charge is 0.462 e. The van der Waals surface area contributed by atoms with E-state index < -0.39 is 17.7 Å². The Balaban J connectivity index is 2.23. The van der Waals surface area contributed by atoms with Crippen LogP contribution in [0.4, 0.5) is 5.82 Å². The Kier molecular flexibility index (Phi) is 3.10. The van der Waals surface area contributed by atoms with Crippen molar-refractivity contribution in [3.63, 3.8) is 0 Å². The second kappa shape index (κ2) is 4.82. The highest BCUT2D eigenvalue weighted by molar-refractivity contribution is 6.54. The van der Waals surface area contributed by atoms with Gasteiger partial charge in [-0.3, -0.25) is 9.59 Å². The third kappa shape index (κ3) is 2.04. The third-order valence-electron chi connectivity index (χ3n) is 3.13. The maximum absolute atomic E-state index is 11.9. The molecule has 6 nitrogen and oxygen atoms in total. The third-order valence-corrected chi connectivity index (χ3v) is 3.42. The number of rotatable bonds is 2. The van der Waals surface area contributed by atoms with Crippen molar-refractivity contribution in [2.75, 3.05) is 11.9 Å². The van der Waals surface area contributed by atoms with Gasteiger partial charge in [0.05, 0.1) is 17.7 Å². The molecule has 2 aromatic rings. The molecule has 1 aromatic carbocycles. The van der Waals surface area contributed by atoms with Gasteiger partial charge in [-0.25, -0.2) is 9.78 Å². The Morgan fingerprint density at radius 1 is 1.33 bits per heavy atom. The fourth-order valence-corrected chi connectivity index (χ4v) is 2.46. The Hall–Kier alpha value is -2.47. The van der Waals surface area contributed by atoms with Crippen LogP contribution < -0.4 is 5.32 Å². The second-order valence-corrected chi connectivity index (χ2v) is 4.75. The van der Waals surface area contributed by atoms with E-state index in [4.69, 9.17) is 16.3 Å². The molecule has 0 unspecified atom stereocenters. The summed E-state index contributed by atoms with van der Waals surface area (Å²) in [5.41, 5.74) is 0.479. The molecule has 0 aliphatic carbocycles. The smallest absolute Gasteiger partial charge is 0.338 e. The number of benzene rings is 1. The molecule has 3 rings (SSSR count). The van der Waals surface area contributed by atoms with Crippen molar-refractivity contribution in [3.05, 3.63) is 34.5 Å². The van der Waals surface area contributed by atoms with E-state index in [0.29, 0.717) is 16.3 Å². The minimum absolute atomic E-state index is 0.102. The highest BCUT2D eigenvalue weighted by Crippen LogP contribution is 2.33. The summed E-state index contributed by atoms with van der Waals surface area (Å²) >= 11 is 6.06. The number of aromatic nitrogens is 1. The number of pyridine rings is 1. The van der Waals surface area contributed by atoms with Crippen LogP contribution in [0.15, 0.2) is 18.2 Å². The second-order valence-electron chi connectivity index (χ2n) is 4.39. The van der Waals surface area contributed by atoms with Gasteiger partial charge in [0.15, 0.2) is 0 Å². The molecule has 1 aliphatic heterocycles. The molecule has 1 N–H and O–H groups in total. The summed E-state index contributed by atoms with van der Waals surface area (Å²) in [5.74, 6) is -1.75. The van der Waals surface area contributed by atoms with E-state index in [2.05, 4.69) is 10.3 Å². The zero-order valence-electron chi connectivity index (χ0n) is 10.9. The number of esters is 1. The Morgan fingerprint density at radius 2 is 2.10 bits per heavy atom. The fourth-order valence-electron chi connectivity index (χ4n) is 2.21. The summed E-state index contributed by atoms with van der Waals surface area (Å²) in [7, 11) is 0. The van der Waals surface area contributed by atoms with Gasteiger partial charge in [0, 0.05) is 5.39 Å². The number of anilines is 1. The monoisotopic (exact) mass is 304 g/mol. The van der Waals surface area contributed by atoms with Gasteiger partial charge in [-0.05, 0) is 24.4 Å². The normalized spacial score (nSPS) is 13.2. The molecule has 1 aliphatic rings. The van der Waals surface area contributed by atoms with Gasteiger partial charge in [-0.1, -0.05) is 17.7 Å². The predicted octanol–water partition coefficient (Wildman–Crippen LogP) is 2.20. The SMILES string of the molecule is CCOC(=O)c1ccc2c3c(nc(Cl)c2c1)NC(=O)C3=O. The molecule has 1 amide bonds. The van der Waals surface area contributed by atoms with Crippen LogP contribution in [-0.2, 0) is 9.53 Å². The lowest BCUT2D eigenvalue weighted by molar-refractivity contribution is -0.112. The fraction of sp³-hybridized carbons (Fsp3) is 0.143. The minimum atomic E-state index is -0.740. The highest BCUT2D eigenvalue weighted by Gasteiger charge is 2.32. The van der Waals surface area contributed by atoms with E-state index in [1.807, 2.05) is 0 Å². The Labute approximate surface area is 124 Å². The van der Waals surface area contributed by atoms with E-state index in [9.17, 15) is 14.4 Å². The lowest BCUT2D eigenvalue weighted by atomic mass is 10.0. The molecular formula is C14H9ClN2O4. The number of amides is 1. The van der Waals surface area contributed by atoms with Crippen molar-refractivity contribution in [2.24, 2.45) is 0 Å². The van der Waals surface area contributed by atoms with Gasteiger partial charge in [-0.2, -0.15) is 0 Å². The molecule has 2 heterocycles. The van der Waals surface area contributed by atoms with Crippen molar-refractivity contribution in [1.82, 2.24) is 4.98 Å². The van der Waals surface area contributed by atoms with Crippen molar-refractivity contribution in [1.29, 1.82) is 0 Å². The molecule has 1 aromatic heterocycles. The summed E-state index contributed by atoms with van der Waals surface area (Å²) < 4.78 is 4.91. The van der Waals surface area contributed by atoms with Crippen LogP contribution in [0.2, 0.25) is 5.15 Å². The number of halogens is 1. The average molecular weight is 305 g/mol. The molecule has 0 spiro atoms. The molecule has 21 heavy (non-hydrogen) atoms. The first-order valence-electron chi connectivity index (χ1n) is 6.19. The van der Waals surface area contributed by atoms with Gasteiger partial charge in [0.1, 0.15) is 11.0 Å². The number of hydrogen-bond acceptors (Lipinski definition) is 5. The van der Waals surface area contributed by atoms with Gasteiger partial charge in [0.25, 0.3) is 11.7 Å². The number of carbonyl (C=O) groups is 3. The number of ketones is 1. The van der Waals surface area contributed by atoms with Crippen molar-refractivity contribution in [2.45, 2.75) is 6.92 Å². The van der Waals surface area contributed by atoms with Crippen LogP contribution in [0.5, 0.6) is 0 Å². The number of carbonyl (C=O) groups excluding carboxylic acids is 3. The van der Waals surface area contributed by atoms with Gasteiger partial charge in [0.2, 0.25) is 0 Å². The van der Waals surface area contributed by atoms with Crippen LogP contribution >= 0.6 is 11.6 Å². The maximum Gasteiger partial charge on any atom is 0.338 e. The molecule has 0 atom stereocenters. The topological polar surface area (TPSA) is 85.4 Å². The quantitative estimate of drug-likeness (QED) is 0.522. The molecule has 0 saturated heterocycles. The first-order valence-corrected chi connectivity index (χ1v) is 6.56. The lowest BCUT2D eigenvalue weighted by Gasteiger charge is -2.07. The molecule has 0 radical (unpaired) electrons. The molecule has 106 valence electrons. The molecular weight excluding hydrogens is 296 g/mol. The standard InChI is InChI=1S/C14H9ClN2O4/c1-2-21-14(20)6-3-4-7-8(5-6)11(15)16-12-9(7)10(18)13(19)17-12/h3-5H,2H2,1H3,(H,16,17,18,19). The molecule has 0 fully saturated rings. The van der Waals surface area contributed by atoms with E-state index in [0.717, 1.165) is 0 Å². The van der Waals surface area contributed by atoms with Crippen LogP contribution in [0.25, 0.3) is 10.8 Å². The summed E-state index contributed by atoms with van der Waals surface area (Å²) in [6.45, 7) is 1.96. The zero-order valence-corrected chi connectivity index (χ0v) is 11.7. The minimum Gasteiger partial charge on any atom is -0.462 e. The van der Waals surface area contributed by atoms with Crippen LogP contribution in [0, 0.1) is 0 Å². The number of fused-ring (bicyclic) bond motifs is 3. The first kappa shape index (κ1) is 13.5. The predicted molar refractivity (Wildman–Crippen MR) is 75.7 cm³/mol. The van der Waals surface area contributed by atoms with E-state index in [-0.39, 0.29) is 23.1 Å². The number of Topliss-reactive ketones (excluding diaryl/α,β-unsaturated/α-hetero) is 1. The summed E-state index contributed by atoms with van der Waals surface area (Å²) in [6, 6.07) is 4.58. The maximum atomic E-state index is 11.9. The summed E-state index contributed by atoms with van der Waals surface area (Å²) in [4.78, 5) is 39.0. The zero-order chi connectivity index (χ0) is 15.1. The number of nitrogens with one attached hydrogen (secondary N) is 1.